The van der Waals surface area contributed by atoms with Gasteiger partial charge in [0.25, 0.3) is 0 Å². The van der Waals surface area contributed by atoms with Gasteiger partial charge in [0.2, 0.25) is 0 Å². The van der Waals surface area contributed by atoms with Crippen molar-refractivity contribution < 1.29 is 23.9 Å². The predicted octanol–water partition coefficient (Wildman–Crippen LogP) is 8.30. The molecule has 0 unspecified atom stereocenters. The van der Waals surface area contributed by atoms with E-state index in [9.17, 15) is 14.7 Å². The third-order valence-electron chi connectivity index (χ3n) is 9.20. The number of rotatable bonds is 4. The highest BCUT2D eigenvalue weighted by atomic mass is 32.1. The second kappa shape index (κ2) is 14.2. The Labute approximate surface area is 254 Å². The first-order valence-electron chi connectivity index (χ1n) is 15.1. The summed E-state index contributed by atoms with van der Waals surface area (Å²) in [5.41, 5.74) is 1.95. The number of cyclic esters (lactones) is 1. The van der Waals surface area contributed by atoms with E-state index < -0.39 is 38.0 Å². The Morgan fingerprint density at radius 2 is 1.83 bits per heavy atom. The molecule has 1 aliphatic rings. The van der Waals surface area contributed by atoms with Crippen molar-refractivity contribution in [2.75, 3.05) is 0 Å². The van der Waals surface area contributed by atoms with Crippen LogP contribution in [0.5, 0.6) is 0 Å². The summed E-state index contributed by atoms with van der Waals surface area (Å²) in [5.74, 6) is -1.06. The fourth-order valence-corrected chi connectivity index (χ4v) is 7.14. The highest BCUT2D eigenvalue weighted by Gasteiger charge is 2.48. The van der Waals surface area contributed by atoms with Crippen molar-refractivity contribution in [1.29, 1.82) is 0 Å². The van der Waals surface area contributed by atoms with Crippen LogP contribution in [0, 0.1) is 24.2 Å². The van der Waals surface area contributed by atoms with Gasteiger partial charge in [0, 0.05) is 23.1 Å². The molecular formula is C33H55NO5SSi. The third-order valence-corrected chi connectivity index (χ3v) is 14.5. The van der Waals surface area contributed by atoms with E-state index >= 15 is 0 Å². The van der Waals surface area contributed by atoms with E-state index in [1.54, 1.807) is 11.3 Å². The van der Waals surface area contributed by atoms with Gasteiger partial charge in [0.05, 0.1) is 29.3 Å². The lowest BCUT2D eigenvalue weighted by Crippen LogP contribution is -2.52. The van der Waals surface area contributed by atoms with Crippen LogP contribution in [0.25, 0.3) is 6.08 Å². The highest BCUT2D eigenvalue weighted by Crippen LogP contribution is 2.42. The number of ether oxygens (including phenoxy) is 1. The molecule has 5 atom stereocenters. The molecule has 1 aliphatic heterocycles. The van der Waals surface area contributed by atoms with Crippen LogP contribution >= 0.6 is 11.3 Å². The lowest BCUT2D eigenvalue weighted by atomic mass is 9.73. The Balaban J connectivity index is 2.54. The molecule has 6 nitrogen and oxygen atoms in total. The van der Waals surface area contributed by atoms with E-state index in [1.807, 2.05) is 53.0 Å². The predicted molar refractivity (Wildman–Crippen MR) is 172 cm³/mol. The average molecular weight is 606 g/mol. The number of aryl methyl sites for hydroxylation is 1. The van der Waals surface area contributed by atoms with E-state index in [4.69, 9.17) is 9.16 Å². The number of ketones is 1. The summed E-state index contributed by atoms with van der Waals surface area (Å²) in [6.07, 6.45) is 5.47. The summed E-state index contributed by atoms with van der Waals surface area (Å²) < 4.78 is 13.0. The Hall–Kier alpha value is -1.61. The summed E-state index contributed by atoms with van der Waals surface area (Å²) in [4.78, 5) is 32.2. The molecule has 232 valence electrons. The van der Waals surface area contributed by atoms with Crippen molar-refractivity contribution in [1.82, 2.24) is 4.98 Å². The van der Waals surface area contributed by atoms with Crippen molar-refractivity contribution in [2.45, 2.75) is 138 Å². The van der Waals surface area contributed by atoms with Crippen molar-refractivity contribution in [3.63, 3.8) is 0 Å². The van der Waals surface area contributed by atoms with Crippen molar-refractivity contribution in [3.05, 3.63) is 33.3 Å². The maximum Gasteiger partial charge on any atom is 0.309 e. The van der Waals surface area contributed by atoms with E-state index in [2.05, 4.69) is 51.8 Å². The van der Waals surface area contributed by atoms with E-state index in [0.717, 1.165) is 41.1 Å². The first-order chi connectivity index (χ1) is 18.8. The maximum absolute atomic E-state index is 14.0. The monoisotopic (exact) mass is 605 g/mol. The molecule has 2 rings (SSSR count). The van der Waals surface area contributed by atoms with E-state index in [-0.39, 0.29) is 29.1 Å². The number of nitrogens with zero attached hydrogens (tertiary/aromatic N) is 1. The van der Waals surface area contributed by atoms with Crippen LogP contribution in [0.15, 0.2) is 22.6 Å². The Morgan fingerprint density at radius 3 is 2.39 bits per heavy atom. The number of aliphatic hydroxyl groups excluding tert-OH is 1. The third kappa shape index (κ3) is 9.70. The zero-order chi connectivity index (χ0) is 31.3. The van der Waals surface area contributed by atoms with E-state index in [1.165, 1.54) is 0 Å². The summed E-state index contributed by atoms with van der Waals surface area (Å²) in [7, 11) is -2.36. The van der Waals surface area contributed by atoms with Crippen molar-refractivity contribution in [2.24, 2.45) is 17.3 Å². The summed E-state index contributed by atoms with van der Waals surface area (Å²) >= 11 is 1.59. The molecule has 0 spiro atoms. The topological polar surface area (TPSA) is 85.7 Å². The first-order valence-corrected chi connectivity index (χ1v) is 18.9. The summed E-state index contributed by atoms with van der Waals surface area (Å²) in [6, 6.07) is 0. The SMILES string of the molecule is C/C1=C/CCC[C@H](C)[C@H](O)[C@@H](C)C(=O)C(C)(C)[C@@H](O[Si](C)(C)C(C)(C)C)CC(=O)O[C@H](/C(C)=C/c2csc(C)n2)C1. The minimum Gasteiger partial charge on any atom is -0.457 e. The summed E-state index contributed by atoms with van der Waals surface area (Å²) in [6.45, 7) is 24.3. The van der Waals surface area contributed by atoms with Gasteiger partial charge in [-0.25, -0.2) is 4.98 Å². The van der Waals surface area contributed by atoms with Gasteiger partial charge in [-0.2, -0.15) is 0 Å². The van der Waals surface area contributed by atoms with Crippen LogP contribution in [0.1, 0.15) is 105 Å². The number of Topliss-reactive ketones (excluding diaryl/α,β-unsaturated/α-hetero) is 1. The molecule has 0 bridgehead atoms. The zero-order valence-corrected chi connectivity index (χ0v) is 29.4. The Kier molecular flexibility index (Phi) is 12.4. The standard InChI is InChI=1S/C33H55NO5SSi/c1-21-15-13-14-16-22(2)30(36)24(4)31(37)33(9,10)28(39-41(11,12)32(6,7)8)19-29(35)38-27(17-21)23(3)18-26-20-40-25(5)34-26/h15,18,20,22,24,27-28,30,36H,13-14,16-17,19H2,1-12H3/b21-15-,23-18+/t22-,24+,27-,28-,30-/m0/s1. The molecule has 1 aromatic rings. The van der Waals surface area contributed by atoms with Crippen LogP contribution in [-0.2, 0) is 18.8 Å². The maximum atomic E-state index is 14.0. The van der Waals surface area contributed by atoms with E-state index in [0.29, 0.717) is 6.42 Å². The van der Waals surface area contributed by atoms with Gasteiger partial charge in [-0.05, 0) is 75.7 Å². The Bertz CT molecular complexity index is 1110. The van der Waals surface area contributed by atoms with Gasteiger partial charge < -0.3 is 14.3 Å². The molecule has 1 aromatic heterocycles. The fraction of sp³-hybridized carbons (Fsp3) is 0.727. The number of aliphatic hydroxyl groups is 1. The number of carbonyl (C=O) groups is 2. The van der Waals surface area contributed by atoms with Gasteiger partial charge in [-0.1, -0.05) is 60.1 Å². The fourth-order valence-electron chi connectivity index (χ4n) is 5.13. The number of carbonyl (C=O) groups excluding carboxylic acids is 2. The van der Waals surface area contributed by atoms with Crippen LogP contribution in [-0.4, -0.2) is 48.5 Å². The molecule has 0 aromatic carbocycles. The second-order valence-corrected chi connectivity index (χ2v) is 20.1. The molecule has 8 heteroatoms. The minimum atomic E-state index is -2.36. The molecular weight excluding hydrogens is 551 g/mol. The van der Waals surface area contributed by atoms with Gasteiger partial charge in [0.15, 0.2) is 8.32 Å². The molecule has 2 heterocycles. The molecule has 0 aliphatic carbocycles. The lowest BCUT2D eigenvalue weighted by Gasteiger charge is -2.44. The van der Waals surface area contributed by atoms with Gasteiger partial charge in [-0.3, -0.25) is 9.59 Å². The van der Waals surface area contributed by atoms with Crippen LogP contribution in [0.4, 0.5) is 0 Å². The minimum absolute atomic E-state index is 0.0180. The Morgan fingerprint density at radius 1 is 1.20 bits per heavy atom. The highest BCUT2D eigenvalue weighted by molar-refractivity contribution is 7.09. The smallest absolute Gasteiger partial charge is 0.309 e. The second-order valence-electron chi connectivity index (χ2n) is 14.3. The van der Waals surface area contributed by atoms with Crippen LogP contribution in [0.3, 0.4) is 0 Å². The number of hydrogen-bond acceptors (Lipinski definition) is 7. The molecule has 1 N–H and O–H groups in total. The van der Waals surface area contributed by atoms with Gasteiger partial charge in [0.1, 0.15) is 11.9 Å². The molecule has 0 radical (unpaired) electrons. The molecule has 0 saturated carbocycles. The largest absolute Gasteiger partial charge is 0.457 e. The van der Waals surface area contributed by atoms with Crippen LogP contribution in [0.2, 0.25) is 18.1 Å². The van der Waals surface area contributed by atoms with Crippen LogP contribution < -0.4 is 0 Å². The zero-order valence-electron chi connectivity index (χ0n) is 27.6. The van der Waals surface area contributed by atoms with Gasteiger partial charge in [-0.15, -0.1) is 11.3 Å². The average Bonchev–Trinajstić information content (AvgIpc) is 3.26. The lowest BCUT2D eigenvalue weighted by molar-refractivity contribution is -0.153. The normalized spacial score (nSPS) is 29.5. The summed E-state index contributed by atoms with van der Waals surface area (Å²) in [5, 5.41) is 14.0. The number of esters is 1. The van der Waals surface area contributed by atoms with Crippen molar-refractivity contribution >= 4 is 37.5 Å². The molecule has 41 heavy (non-hydrogen) atoms. The molecule has 0 saturated heterocycles. The van der Waals surface area contributed by atoms with Gasteiger partial charge >= 0.3 is 5.97 Å². The van der Waals surface area contributed by atoms with Crippen molar-refractivity contribution in [3.8, 4) is 0 Å². The number of thiazole rings is 1. The first kappa shape index (κ1) is 35.6. The number of hydrogen-bond donors (Lipinski definition) is 1. The number of aromatic nitrogens is 1. The molecule has 0 amide bonds. The number of allylic oxidation sites excluding steroid dienone is 1. The molecule has 0 fully saturated rings. The quantitative estimate of drug-likeness (QED) is 0.211.